The van der Waals surface area contributed by atoms with E-state index in [1.54, 1.807) is 0 Å². The molecule has 13 rings (SSSR count). The lowest BCUT2D eigenvalue weighted by atomic mass is 9.75. The summed E-state index contributed by atoms with van der Waals surface area (Å²) in [6.45, 7) is 9.43. The number of hydrogen-bond acceptors (Lipinski definition) is 1. The third kappa shape index (κ3) is 6.77. The lowest BCUT2D eigenvalue weighted by molar-refractivity contribution is 0.618. The highest BCUT2D eigenvalue weighted by atomic mass is 15.2. The summed E-state index contributed by atoms with van der Waals surface area (Å²) in [4.78, 5) is 2.68. The van der Waals surface area contributed by atoms with Crippen molar-refractivity contribution in [3.63, 3.8) is 0 Å². The van der Waals surface area contributed by atoms with Crippen molar-refractivity contribution in [1.82, 2.24) is 4.57 Å². The van der Waals surface area contributed by atoms with Crippen molar-refractivity contribution in [2.24, 2.45) is 5.92 Å². The minimum atomic E-state index is -0.155. The van der Waals surface area contributed by atoms with E-state index in [4.69, 9.17) is 0 Å². The van der Waals surface area contributed by atoms with Crippen molar-refractivity contribution in [3.8, 4) is 50.2 Å². The summed E-state index contributed by atoms with van der Waals surface area (Å²) >= 11 is 0. The molecule has 2 atom stereocenters. The van der Waals surface area contributed by atoms with Gasteiger partial charge in [0.25, 0.3) is 0 Å². The summed E-state index contributed by atoms with van der Waals surface area (Å²) in [5, 5.41) is 4.96. The summed E-state index contributed by atoms with van der Waals surface area (Å²) < 4.78 is 2.48. The molecule has 1 aromatic heterocycles. The number of allylic oxidation sites excluding steroid dienone is 2. The fraction of sp³-hybridized carbons (Fsp3) is 0.101. The van der Waals surface area contributed by atoms with E-state index in [-0.39, 0.29) is 17.4 Å². The Labute approximate surface area is 417 Å². The van der Waals surface area contributed by atoms with Gasteiger partial charge in [0.05, 0.1) is 17.1 Å². The Balaban J connectivity index is 1.06. The standard InChI is InChI=1S/C69H54N2/c1-45-41-43-49(44-42-45)70-63-37-13-10-27-54(63)59-34-19-35-60(68(59)70)55-28-11-15-39-65(55)71(62-40-20-29-50(46(62)2)57-32-18-33-58-52-25-8-12-36-61(52)69(3,4)67(57)58)64-38-14-9-26-53(64)56-31-17-24-48-23-16-30-51(66(48)56)47-21-6-5-7-22-47/h5-44,46,62H,1-4H3. The normalized spacial score (nSPS) is 15.7. The van der Waals surface area contributed by atoms with Crippen LogP contribution in [0.4, 0.5) is 11.4 Å². The minimum absolute atomic E-state index is 0.0641. The maximum Gasteiger partial charge on any atom is 0.0620 e. The third-order valence-corrected chi connectivity index (χ3v) is 15.7. The highest BCUT2D eigenvalue weighted by molar-refractivity contribution is 6.15. The molecule has 1 heterocycles. The topological polar surface area (TPSA) is 8.17 Å². The second-order valence-corrected chi connectivity index (χ2v) is 20.1. The molecule has 0 aliphatic heterocycles. The Morgan fingerprint density at radius 3 is 1.80 bits per heavy atom. The van der Waals surface area contributed by atoms with Gasteiger partial charge in [-0.3, -0.25) is 0 Å². The number of fused-ring (bicyclic) bond motifs is 7. The Hall–Kier alpha value is -8.46. The van der Waals surface area contributed by atoms with Gasteiger partial charge in [0, 0.05) is 55.9 Å². The Morgan fingerprint density at radius 2 is 1.03 bits per heavy atom. The van der Waals surface area contributed by atoms with Gasteiger partial charge in [-0.05, 0) is 98.1 Å². The van der Waals surface area contributed by atoms with Crippen LogP contribution in [0, 0.1) is 12.8 Å². The maximum atomic E-state index is 2.68. The van der Waals surface area contributed by atoms with Gasteiger partial charge >= 0.3 is 0 Å². The van der Waals surface area contributed by atoms with E-state index in [0.717, 1.165) is 17.1 Å². The highest BCUT2D eigenvalue weighted by Crippen LogP contribution is 2.54. The van der Waals surface area contributed by atoms with Gasteiger partial charge in [0.15, 0.2) is 0 Å². The summed E-state index contributed by atoms with van der Waals surface area (Å²) in [6.07, 6.45) is 7.17. The van der Waals surface area contributed by atoms with Crippen molar-refractivity contribution >= 4 is 49.5 Å². The lowest BCUT2D eigenvalue weighted by Gasteiger charge is -2.41. The van der Waals surface area contributed by atoms with E-state index in [0.29, 0.717) is 0 Å². The quantitative estimate of drug-likeness (QED) is 0.147. The van der Waals surface area contributed by atoms with Crippen LogP contribution in [0.25, 0.3) is 88.3 Å². The minimum Gasteiger partial charge on any atom is -0.333 e. The van der Waals surface area contributed by atoms with E-state index in [2.05, 4.69) is 280 Å². The molecule has 10 aromatic carbocycles. The first-order valence-electron chi connectivity index (χ1n) is 25.1. The van der Waals surface area contributed by atoms with Crippen LogP contribution in [0.15, 0.2) is 243 Å². The van der Waals surface area contributed by atoms with Crippen molar-refractivity contribution in [1.29, 1.82) is 0 Å². The van der Waals surface area contributed by atoms with Gasteiger partial charge in [-0.2, -0.15) is 0 Å². The summed E-state index contributed by atoms with van der Waals surface area (Å²) in [5.41, 5.74) is 22.4. The van der Waals surface area contributed by atoms with Crippen molar-refractivity contribution in [2.75, 3.05) is 4.90 Å². The molecule has 0 fully saturated rings. The van der Waals surface area contributed by atoms with Crippen LogP contribution in [-0.4, -0.2) is 10.6 Å². The molecule has 2 aliphatic carbocycles. The van der Waals surface area contributed by atoms with Crippen LogP contribution in [-0.2, 0) is 5.41 Å². The molecule has 71 heavy (non-hydrogen) atoms. The molecular weight excluding hydrogens is 857 g/mol. The molecule has 2 aliphatic rings. The lowest BCUT2D eigenvalue weighted by Crippen LogP contribution is -2.37. The predicted octanol–water partition coefficient (Wildman–Crippen LogP) is 18.3. The van der Waals surface area contributed by atoms with Crippen molar-refractivity contribution in [2.45, 2.75) is 39.2 Å². The molecule has 0 saturated carbocycles. The summed E-state index contributed by atoms with van der Waals surface area (Å²) in [7, 11) is 0. The number of hydrogen-bond donors (Lipinski definition) is 0. The summed E-state index contributed by atoms with van der Waals surface area (Å²) in [6, 6.07) is 83.4. The molecule has 0 N–H and O–H groups in total. The molecular formula is C69H54N2. The Kier molecular flexibility index (Phi) is 10.1. The van der Waals surface area contributed by atoms with Gasteiger partial charge in [-0.15, -0.1) is 0 Å². The van der Waals surface area contributed by atoms with Gasteiger partial charge in [0.1, 0.15) is 0 Å². The zero-order valence-electron chi connectivity index (χ0n) is 40.6. The molecule has 0 radical (unpaired) electrons. The number of rotatable bonds is 8. The predicted molar refractivity (Wildman–Crippen MR) is 302 cm³/mol. The smallest absolute Gasteiger partial charge is 0.0620 e. The monoisotopic (exact) mass is 910 g/mol. The molecule has 2 nitrogen and oxygen atoms in total. The van der Waals surface area contributed by atoms with Gasteiger partial charge < -0.3 is 9.47 Å². The fourth-order valence-corrected chi connectivity index (χ4v) is 12.4. The first kappa shape index (κ1) is 42.6. The van der Waals surface area contributed by atoms with E-state index in [1.165, 1.54) is 105 Å². The molecule has 0 saturated heterocycles. The number of benzene rings is 10. The molecule has 0 amide bonds. The molecule has 340 valence electrons. The Bertz CT molecular complexity index is 3930. The fourth-order valence-electron chi connectivity index (χ4n) is 12.4. The molecule has 2 unspecified atom stereocenters. The molecule has 11 aromatic rings. The van der Waals surface area contributed by atoms with Crippen molar-refractivity contribution < 1.29 is 0 Å². The molecule has 2 heteroatoms. The van der Waals surface area contributed by atoms with E-state index in [1.807, 2.05) is 0 Å². The first-order valence-corrected chi connectivity index (χ1v) is 25.1. The maximum absolute atomic E-state index is 2.68. The SMILES string of the molecule is Cc1ccc(-n2c3ccccc3c3cccc(-c4ccccc4N(c4ccccc4-c4cccc5cccc(-c6ccccc6)c45)C4C=CC=C(c5cccc6c5C(C)(C)c5ccccc5-6)C4C)c32)cc1. The van der Waals surface area contributed by atoms with Crippen molar-refractivity contribution in [3.05, 3.63) is 265 Å². The largest absolute Gasteiger partial charge is 0.333 e. The molecule has 0 bridgehead atoms. The zero-order chi connectivity index (χ0) is 47.8. The van der Waals surface area contributed by atoms with Crippen LogP contribution in [0.1, 0.15) is 43.0 Å². The van der Waals surface area contributed by atoms with Gasteiger partial charge in [-0.25, -0.2) is 0 Å². The third-order valence-electron chi connectivity index (χ3n) is 15.7. The van der Waals surface area contributed by atoms with Crippen LogP contribution >= 0.6 is 0 Å². The van der Waals surface area contributed by atoms with Crippen LogP contribution < -0.4 is 4.90 Å². The average Bonchev–Trinajstić information content (AvgIpc) is 3.88. The first-order chi connectivity index (χ1) is 34.9. The zero-order valence-corrected chi connectivity index (χ0v) is 40.6. The summed E-state index contributed by atoms with van der Waals surface area (Å²) in [5.74, 6) is 0.0920. The molecule has 0 spiro atoms. The second kappa shape index (κ2) is 16.9. The van der Waals surface area contributed by atoms with Crippen LogP contribution in [0.2, 0.25) is 0 Å². The number of nitrogens with zero attached hydrogens (tertiary/aromatic N) is 2. The van der Waals surface area contributed by atoms with Gasteiger partial charge in [0.2, 0.25) is 0 Å². The number of para-hydroxylation sites is 4. The number of aromatic nitrogens is 1. The highest BCUT2D eigenvalue weighted by Gasteiger charge is 2.40. The van der Waals surface area contributed by atoms with Gasteiger partial charge in [-0.1, -0.05) is 239 Å². The van der Waals surface area contributed by atoms with E-state index < -0.39 is 0 Å². The number of anilines is 2. The number of aryl methyl sites for hydroxylation is 1. The van der Waals surface area contributed by atoms with E-state index in [9.17, 15) is 0 Å². The average molecular weight is 911 g/mol. The second-order valence-electron chi connectivity index (χ2n) is 20.1. The van der Waals surface area contributed by atoms with E-state index >= 15 is 0 Å². The Morgan fingerprint density at radius 1 is 0.465 bits per heavy atom. The van der Waals surface area contributed by atoms with Crippen LogP contribution in [0.3, 0.4) is 0 Å². The van der Waals surface area contributed by atoms with Crippen LogP contribution in [0.5, 0.6) is 0 Å².